The maximum atomic E-state index is 11.9. The molecule has 0 radical (unpaired) electrons. The van der Waals surface area contributed by atoms with E-state index in [-0.39, 0.29) is 12.1 Å². The standard InChI is InChI=1S/C15H13NO2/c17-14-13(11-7-3-1-4-8-11)18-15(16-14)12-9-5-2-6-10-12/h1-10,13,15H,(H,16,17). The minimum absolute atomic E-state index is 0.0879. The fourth-order valence-corrected chi connectivity index (χ4v) is 2.08. The molecule has 3 heteroatoms. The summed E-state index contributed by atoms with van der Waals surface area (Å²) in [7, 11) is 0. The summed E-state index contributed by atoms with van der Waals surface area (Å²) < 4.78 is 5.79. The van der Waals surface area contributed by atoms with Gasteiger partial charge in [-0.05, 0) is 5.56 Å². The topological polar surface area (TPSA) is 38.3 Å². The lowest BCUT2D eigenvalue weighted by molar-refractivity contribution is -0.123. The number of carbonyl (C=O) groups is 1. The lowest BCUT2D eigenvalue weighted by Crippen LogP contribution is -2.20. The predicted molar refractivity (Wildman–Crippen MR) is 67.6 cm³/mol. The van der Waals surface area contributed by atoms with Crippen molar-refractivity contribution in [1.82, 2.24) is 5.32 Å². The van der Waals surface area contributed by atoms with Crippen LogP contribution in [0, 0.1) is 0 Å². The van der Waals surface area contributed by atoms with E-state index < -0.39 is 6.10 Å². The van der Waals surface area contributed by atoms with Crippen LogP contribution in [0.3, 0.4) is 0 Å². The molecule has 1 N–H and O–H groups in total. The van der Waals surface area contributed by atoms with E-state index in [2.05, 4.69) is 5.32 Å². The molecule has 18 heavy (non-hydrogen) atoms. The molecule has 1 aliphatic heterocycles. The molecular weight excluding hydrogens is 226 g/mol. The molecule has 1 amide bonds. The zero-order chi connectivity index (χ0) is 12.4. The molecule has 90 valence electrons. The first-order chi connectivity index (χ1) is 8.84. The molecule has 0 saturated carbocycles. The Morgan fingerprint density at radius 2 is 1.39 bits per heavy atom. The van der Waals surface area contributed by atoms with E-state index in [1.54, 1.807) is 0 Å². The Hall–Kier alpha value is -2.13. The number of rotatable bonds is 2. The van der Waals surface area contributed by atoms with Gasteiger partial charge >= 0.3 is 0 Å². The van der Waals surface area contributed by atoms with Gasteiger partial charge in [-0.1, -0.05) is 60.7 Å². The summed E-state index contributed by atoms with van der Waals surface area (Å²) in [5.74, 6) is -0.0879. The molecule has 2 atom stereocenters. The third-order valence-corrected chi connectivity index (χ3v) is 2.99. The fourth-order valence-electron chi connectivity index (χ4n) is 2.08. The van der Waals surface area contributed by atoms with Gasteiger partial charge < -0.3 is 10.1 Å². The largest absolute Gasteiger partial charge is 0.336 e. The van der Waals surface area contributed by atoms with Crippen LogP contribution in [-0.2, 0) is 9.53 Å². The van der Waals surface area contributed by atoms with Gasteiger partial charge in [-0.2, -0.15) is 0 Å². The molecule has 1 aliphatic rings. The highest BCUT2D eigenvalue weighted by molar-refractivity contribution is 5.84. The molecule has 2 unspecified atom stereocenters. The van der Waals surface area contributed by atoms with Gasteiger partial charge in [0.25, 0.3) is 5.91 Å². The summed E-state index contributed by atoms with van der Waals surface area (Å²) in [4.78, 5) is 11.9. The minimum Gasteiger partial charge on any atom is -0.336 e. The van der Waals surface area contributed by atoms with Crippen LogP contribution in [0.15, 0.2) is 60.7 Å². The number of benzene rings is 2. The average Bonchev–Trinajstić information content (AvgIpc) is 2.83. The van der Waals surface area contributed by atoms with Crippen molar-refractivity contribution in [2.75, 3.05) is 0 Å². The second kappa shape index (κ2) is 4.63. The van der Waals surface area contributed by atoms with Crippen LogP contribution in [0.25, 0.3) is 0 Å². The molecule has 0 spiro atoms. The van der Waals surface area contributed by atoms with Gasteiger partial charge in [0.15, 0.2) is 12.3 Å². The van der Waals surface area contributed by atoms with Crippen molar-refractivity contribution in [3.05, 3.63) is 71.8 Å². The first-order valence-corrected chi connectivity index (χ1v) is 5.90. The van der Waals surface area contributed by atoms with Crippen molar-refractivity contribution in [3.63, 3.8) is 0 Å². The Labute approximate surface area is 105 Å². The van der Waals surface area contributed by atoms with E-state index in [0.717, 1.165) is 11.1 Å². The van der Waals surface area contributed by atoms with Crippen molar-refractivity contribution >= 4 is 5.91 Å². The Morgan fingerprint density at radius 3 is 2.00 bits per heavy atom. The highest BCUT2D eigenvalue weighted by atomic mass is 16.5. The molecule has 3 rings (SSSR count). The number of nitrogens with one attached hydrogen (secondary N) is 1. The lowest BCUT2D eigenvalue weighted by atomic mass is 10.1. The van der Waals surface area contributed by atoms with Crippen molar-refractivity contribution in [1.29, 1.82) is 0 Å². The van der Waals surface area contributed by atoms with E-state index >= 15 is 0 Å². The normalized spacial score (nSPS) is 22.8. The molecule has 3 nitrogen and oxygen atoms in total. The second-order valence-corrected chi connectivity index (χ2v) is 4.23. The Bertz CT molecular complexity index is 539. The average molecular weight is 239 g/mol. The maximum absolute atomic E-state index is 11.9. The maximum Gasteiger partial charge on any atom is 0.256 e. The lowest BCUT2D eigenvalue weighted by Gasteiger charge is -2.11. The highest BCUT2D eigenvalue weighted by Crippen LogP contribution is 2.31. The van der Waals surface area contributed by atoms with Crippen molar-refractivity contribution in [2.24, 2.45) is 0 Å². The van der Waals surface area contributed by atoms with Crippen LogP contribution >= 0.6 is 0 Å². The van der Waals surface area contributed by atoms with Gasteiger partial charge in [-0.15, -0.1) is 0 Å². The fraction of sp³-hybridized carbons (Fsp3) is 0.133. The Kier molecular flexibility index (Phi) is 2.82. The van der Waals surface area contributed by atoms with Gasteiger partial charge in [-0.25, -0.2) is 0 Å². The number of hydrogen-bond donors (Lipinski definition) is 1. The second-order valence-electron chi connectivity index (χ2n) is 4.23. The quantitative estimate of drug-likeness (QED) is 0.874. The van der Waals surface area contributed by atoms with Gasteiger partial charge in [0.1, 0.15) is 0 Å². The molecule has 2 aromatic carbocycles. The smallest absolute Gasteiger partial charge is 0.256 e. The summed E-state index contributed by atoms with van der Waals surface area (Å²) in [6, 6.07) is 19.2. The molecule has 0 aromatic heterocycles. The number of ether oxygens (including phenoxy) is 1. The molecular formula is C15H13NO2. The van der Waals surface area contributed by atoms with Crippen LogP contribution in [-0.4, -0.2) is 5.91 Å². The van der Waals surface area contributed by atoms with Crippen LogP contribution in [0.2, 0.25) is 0 Å². The first kappa shape index (κ1) is 11.0. The third-order valence-electron chi connectivity index (χ3n) is 2.99. The van der Waals surface area contributed by atoms with Crippen molar-refractivity contribution < 1.29 is 9.53 Å². The molecule has 1 saturated heterocycles. The predicted octanol–water partition coefficient (Wildman–Crippen LogP) is 2.57. The van der Waals surface area contributed by atoms with Gasteiger partial charge in [0.05, 0.1) is 0 Å². The Balaban J connectivity index is 1.83. The zero-order valence-electron chi connectivity index (χ0n) is 9.74. The monoisotopic (exact) mass is 239 g/mol. The molecule has 0 aliphatic carbocycles. The zero-order valence-corrected chi connectivity index (χ0v) is 9.74. The molecule has 1 fully saturated rings. The molecule has 2 aromatic rings. The highest BCUT2D eigenvalue weighted by Gasteiger charge is 2.34. The summed E-state index contributed by atoms with van der Waals surface area (Å²) in [5.41, 5.74) is 1.85. The number of amides is 1. The minimum atomic E-state index is -0.517. The third kappa shape index (κ3) is 2.00. The summed E-state index contributed by atoms with van der Waals surface area (Å²) in [5, 5.41) is 2.86. The Morgan fingerprint density at radius 1 is 0.833 bits per heavy atom. The summed E-state index contributed by atoms with van der Waals surface area (Å²) >= 11 is 0. The van der Waals surface area contributed by atoms with Crippen LogP contribution < -0.4 is 5.32 Å². The van der Waals surface area contributed by atoms with Crippen LogP contribution in [0.1, 0.15) is 23.5 Å². The van der Waals surface area contributed by atoms with Gasteiger partial charge in [0.2, 0.25) is 0 Å². The molecule has 1 heterocycles. The number of carbonyl (C=O) groups excluding carboxylic acids is 1. The van der Waals surface area contributed by atoms with E-state index in [9.17, 15) is 4.79 Å². The van der Waals surface area contributed by atoms with E-state index in [0.29, 0.717) is 0 Å². The summed E-state index contributed by atoms with van der Waals surface area (Å²) in [6.07, 6.45) is -0.875. The van der Waals surface area contributed by atoms with E-state index in [4.69, 9.17) is 4.74 Å². The molecule has 0 bridgehead atoms. The SMILES string of the molecule is O=C1NC(c2ccccc2)OC1c1ccccc1. The van der Waals surface area contributed by atoms with Crippen LogP contribution in [0.5, 0.6) is 0 Å². The summed E-state index contributed by atoms with van der Waals surface area (Å²) in [6.45, 7) is 0. The number of hydrogen-bond acceptors (Lipinski definition) is 2. The van der Waals surface area contributed by atoms with E-state index in [1.165, 1.54) is 0 Å². The van der Waals surface area contributed by atoms with Crippen molar-refractivity contribution in [3.8, 4) is 0 Å². The van der Waals surface area contributed by atoms with Gasteiger partial charge in [0, 0.05) is 5.56 Å². The van der Waals surface area contributed by atoms with Gasteiger partial charge in [-0.3, -0.25) is 4.79 Å². The van der Waals surface area contributed by atoms with E-state index in [1.807, 2.05) is 60.7 Å². The van der Waals surface area contributed by atoms with Crippen LogP contribution in [0.4, 0.5) is 0 Å². The van der Waals surface area contributed by atoms with Crippen molar-refractivity contribution in [2.45, 2.75) is 12.3 Å². The first-order valence-electron chi connectivity index (χ1n) is 5.90.